The molecule has 2 aromatic rings. The molecule has 0 unspecified atom stereocenters. The van der Waals surface area contributed by atoms with Gasteiger partial charge >= 0.3 is 0 Å². The summed E-state index contributed by atoms with van der Waals surface area (Å²) >= 11 is 5.78. The summed E-state index contributed by atoms with van der Waals surface area (Å²) < 4.78 is 28.6. The van der Waals surface area contributed by atoms with Crippen molar-refractivity contribution in [1.82, 2.24) is 5.16 Å². The molecule has 18 heavy (non-hydrogen) atoms. The number of anilines is 1. The van der Waals surface area contributed by atoms with Gasteiger partial charge in [-0.2, -0.15) is 0 Å². The zero-order chi connectivity index (χ0) is 13.3. The number of benzene rings is 1. The van der Waals surface area contributed by atoms with Crippen LogP contribution in [0.1, 0.15) is 0 Å². The molecule has 7 heteroatoms. The van der Waals surface area contributed by atoms with Crippen molar-refractivity contribution in [2.24, 2.45) is 0 Å². The number of nitrogens with two attached hydrogens (primary N) is 1. The summed E-state index contributed by atoms with van der Waals surface area (Å²) in [6.45, 7) is 0. The highest BCUT2D eigenvalue weighted by molar-refractivity contribution is 6.31. The number of methoxy groups -OCH3 is 2. The third kappa shape index (κ3) is 1.95. The first-order valence-electron chi connectivity index (χ1n) is 4.91. The zero-order valence-corrected chi connectivity index (χ0v) is 10.4. The maximum absolute atomic E-state index is 13.7. The van der Waals surface area contributed by atoms with Crippen LogP contribution >= 0.6 is 11.6 Å². The number of halogens is 2. The van der Waals surface area contributed by atoms with Crippen molar-refractivity contribution in [1.29, 1.82) is 0 Å². The standard InChI is InChI=1S/C11H10ClFN2O3/c1-16-10-5(7-4-8(14)18-15-7)3-6(12)9(13)11(10)17-2/h3-4H,14H2,1-2H3. The Hall–Kier alpha value is -1.95. The number of rotatable bonds is 3. The Morgan fingerprint density at radius 3 is 2.44 bits per heavy atom. The van der Waals surface area contributed by atoms with E-state index in [2.05, 4.69) is 5.16 Å². The van der Waals surface area contributed by atoms with Gasteiger partial charge in [0.15, 0.2) is 17.3 Å². The lowest BCUT2D eigenvalue weighted by molar-refractivity contribution is 0.338. The number of nitrogen functional groups attached to an aromatic ring is 1. The Morgan fingerprint density at radius 1 is 1.28 bits per heavy atom. The molecule has 96 valence electrons. The van der Waals surface area contributed by atoms with E-state index in [1.165, 1.54) is 26.4 Å². The quantitative estimate of drug-likeness (QED) is 0.930. The molecule has 2 rings (SSSR count). The highest BCUT2D eigenvalue weighted by Gasteiger charge is 2.22. The second kappa shape index (κ2) is 4.73. The summed E-state index contributed by atoms with van der Waals surface area (Å²) in [5, 5.41) is 3.62. The third-order valence-corrected chi connectivity index (χ3v) is 2.62. The molecule has 5 nitrogen and oxygen atoms in total. The average Bonchev–Trinajstić information content (AvgIpc) is 2.78. The Bertz CT molecular complexity index is 586. The minimum absolute atomic E-state index is 0.0958. The van der Waals surface area contributed by atoms with E-state index in [9.17, 15) is 4.39 Å². The van der Waals surface area contributed by atoms with Crippen LogP contribution in [0.5, 0.6) is 11.5 Å². The maximum Gasteiger partial charge on any atom is 0.222 e. The lowest BCUT2D eigenvalue weighted by Gasteiger charge is -2.12. The van der Waals surface area contributed by atoms with E-state index in [1.807, 2.05) is 0 Å². The monoisotopic (exact) mass is 272 g/mol. The Balaban J connectivity index is 2.70. The summed E-state index contributed by atoms with van der Waals surface area (Å²) in [6, 6.07) is 2.85. The Kier molecular flexibility index (Phi) is 3.29. The lowest BCUT2D eigenvalue weighted by Crippen LogP contribution is -1.97. The average molecular weight is 273 g/mol. The van der Waals surface area contributed by atoms with Crippen LogP contribution in [-0.2, 0) is 0 Å². The third-order valence-electron chi connectivity index (χ3n) is 2.34. The summed E-state index contributed by atoms with van der Waals surface area (Å²) in [4.78, 5) is 0. The predicted octanol–water partition coefficient (Wildman–Crippen LogP) is 2.73. The molecule has 0 saturated carbocycles. The molecule has 0 fully saturated rings. The van der Waals surface area contributed by atoms with E-state index in [0.717, 1.165) is 0 Å². The van der Waals surface area contributed by atoms with Gasteiger partial charge < -0.3 is 19.7 Å². The van der Waals surface area contributed by atoms with E-state index < -0.39 is 5.82 Å². The van der Waals surface area contributed by atoms with Gasteiger partial charge in [-0.15, -0.1) is 0 Å². The second-order valence-electron chi connectivity index (χ2n) is 3.40. The minimum Gasteiger partial charge on any atom is -0.492 e. The van der Waals surface area contributed by atoms with E-state index in [0.29, 0.717) is 11.3 Å². The molecule has 0 spiro atoms. The van der Waals surface area contributed by atoms with Crippen molar-refractivity contribution < 1.29 is 18.4 Å². The van der Waals surface area contributed by atoms with Gasteiger partial charge in [-0.3, -0.25) is 0 Å². The number of hydrogen-bond donors (Lipinski definition) is 1. The van der Waals surface area contributed by atoms with Crippen LogP contribution < -0.4 is 15.2 Å². The molecule has 0 radical (unpaired) electrons. The minimum atomic E-state index is -0.698. The van der Waals surface area contributed by atoms with E-state index in [4.69, 9.17) is 31.3 Å². The fourth-order valence-corrected chi connectivity index (χ4v) is 1.77. The van der Waals surface area contributed by atoms with Gasteiger partial charge in [0.05, 0.1) is 24.8 Å². The topological polar surface area (TPSA) is 70.5 Å². The van der Waals surface area contributed by atoms with Crippen molar-refractivity contribution in [2.75, 3.05) is 20.0 Å². The van der Waals surface area contributed by atoms with Crippen molar-refractivity contribution >= 4 is 17.5 Å². The van der Waals surface area contributed by atoms with Crippen LogP contribution in [0.3, 0.4) is 0 Å². The molecule has 0 saturated heterocycles. The molecule has 0 atom stereocenters. The smallest absolute Gasteiger partial charge is 0.222 e. The summed E-state index contributed by atoms with van der Waals surface area (Å²) in [7, 11) is 2.70. The molecule has 1 aromatic heterocycles. The van der Waals surface area contributed by atoms with Crippen LogP contribution in [0.2, 0.25) is 5.02 Å². The lowest BCUT2D eigenvalue weighted by atomic mass is 10.1. The summed E-state index contributed by atoms with van der Waals surface area (Å²) in [5.41, 5.74) is 6.25. The molecular weight excluding hydrogens is 263 g/mol. The molecule has 0 aliphatic heterocycles. The van der Waals surface area contributed by atoms with Gasteiger partial charge in [0.1, 0.15) is 5.69 Å². The van der Waals surface area contributed by atoms with Crippen molar-refractivity contribution in [3.63, 3.8) is 0 Å². The van der Waals surface area contributed by atoms with Crippen LogP contribution in [0.4, 0.5) is 10.3 Å². The van der Waals surface area contributed by atoms with Gasteiger partial charge in [0.2, 0.25) is 5.88 Å². The number of ether oxygens (including phenoxy) is 2. The van der Waals surface area contributed by atoms with Crippen LogP contribution in [0.25, 0.3) is 11.3 Å². The Labute approximate surface area is 107 Å². The van der Waals surface area contributed by atoms with Gasteiger partial charge in [-0.25, -0.2) is 4.39 Å². The van der Waals surface area contributed by atoms with Crippen molar-refractivity contribution in [2.45, 2.75) is 0 Å². The highest BCUT2D eigenvalue weighted by Crippen LogP contribution is 2.42. The summed E-state index contributed by atoms with van der Waals surface area (Å²) in [5.74, 6) is -0.489. The van der Waals surface area contributed by atoms with E-state index in [-0.39, 0.29) is 22.4 Å². The first-order chi connectivity index (χ1) is 8.58. The van der Waals surface area contributed by atoms with Gasteiger partial charge in [-0.05, 0) is 6.07 Å². The zero-order valence-electron chi connectivity index (χ0n) is 9.66. The number of hydrogen-bond acceptors (Lipinski definition) is 5. The molecule has 0 bridgehead atoms. The molecule has 2 N–H and O–H groups in total. The normalized spacial score (nSPS) is 10.4. The largest absolute Gasteiger partial charge is 0.492 e. The van der Waals surface area contributed by atoms with Crippen LogP contribution in [0, 0.1) is 5.82 Å². The van der Waals surface area contributed by atoms with E-state index in [1.54, 1.807) is 0 Å². The van der Waals surface area contributed by atoms with Crippen molar-refractivity contribution in [3.8, 4) is 22.8 Å². The van der Waals surface area contributed by atoms with E-state index >= 15 is 0 Å². The predicted molar refractivity (Wildman–Crippen MR) is 64.4 cm³/mol. The fourth-order valence-electron chi connectivity index (χ4n) is 1.58. The van der Waals surface area contributed by atoms with Gasteiger partial charge in [0, 0.05) is 6.07 Å². The molecular formula is C11H10ClFN2O3. The highest BCUT2D eigenvalue weighted by atomic mass is 35.5. The number of aromatic nitrogens is 1. The van der Waals surface area contributed by atoms with Gasteiger partial charge in [0.25, 0.3) is 0 Å². The first-order valence-corrected chi connectivity index (χ1v) is 5.28. The van der Waals surface area contributed by atoms with Crippen LogP contribution in [0.15, 0.2) is 16.7 Å². The van der Waals surface area contributed by atoms with Crippen molar-refractivity contribution in [3.05, 3.63) is 23.0 Å². The second-order valence-corrected chi connectivity index (χ2v) is 3.81. The van der Waals surface area contributed by atoms with Gasteiger partial charge in [-0.1, -0.05) is 16.8 Å². The number of nitrogens with zero attached hydrogens (tertiary/aromatic N) is 1. The SMILES string of the molecule is COc1c(-c2cc(N)on2)cc(Cl)c(F)c1OC. The van der Waals surface area contributed by atoms with Crippen LogP contribution in [-0.4, -0.2) is 19.4 Å². The molecule has 0 amide bonds. The first kappa shape index (κ1) is 12.5. The Morgan fingerprint density at radius 2 is 1.94 bits per heavy atom. The molecule has 0 aliphatic rings. The molecule has 1 aromatic carbocycles. The molecule has 1 heterocycles. The summed E-state index contributed by atoms with van der Waals surface area (Å²) in [6.07, 6.45) is 0. The maximum atomic E-state index is 13.7. The fraction of sp³-hybridized carbons (Fsp3) is 0.182. The molecule has 0 aliphatic carbocycles.